The molecule has 5 heteroatoms. The van der Waals surface area contributed by atoms with Crippen LogP contribution in [0.25, 0.3) is 0 Å². The number of carbonyl (C=O) groups excluding carboxylic acids is 1. The van der Waals surface area contributed by atoms with Crippen LogP contribution in [0.15, 0.2) is 10.8 Å². The number of halogens is 1. The maximum absolute atomic E-state index is 11.6. The second-order valence-electron chi connectivity index (χ2n) is 3.37. The number of hydrogen-bond acceptors (Lipinski definition) is 3. The van der Waals surface area contributed by atoms with Gasteiger partial charge in [0.1, 0.15) is 11.5 Å². The van der Waals surface area contributed by atoms with Gasteiger partial charge in [-0.1, -0.05) is 15.9 Å². The lowest BCUT2D eigenvalue weighted by molar-refractivity contribution is -0.127. The molecule has 1 aliphatic rings. The number of aryl methyl sites for hydroxylation is 1. The Morgan fingerprint density at radius 1 is 1.79 bits per heavy atom. The highest BCUT2D eigenvalue weighted by Crippen LogP contribution is 2.20. The van der Waals surface area contributed by atoms with Crippen molar-refractivity contribution in [3.05, 3.63) is 17.8 Å². The summed E-state index contributed by atoms with van der Waals surface area (Å²) in [5.74, 6) is 0.934. The fourth-order valence-electron chi connectivity index (χ4n) is 1.52. The van der Waals surface area contributed by atoms with Crippen LogP contribution < -0.4 is 0 Å². The van der Waals surface area contributed by atoms with Crippen LogP contribution in [0, 0.1) is 6.92 Å². The molecule has 2 rings (SSSR count). The standard InChI is InChI=1S/C9H11BrN2O2/c1-6-8(11-5-14-6)4-12-3-2-7(10)9(12)13/h5,7H,2-4H2,1H3. The van der Waals surface area contributed by atoms with Gasteiger partial charge in [-0.2, -0.15) is 0 Å². The van der Waals surface area contributed by atoms with Crippen molar-refractivity contribution >= 4 is 21.8 Å². The molecule has 76 valence electrons. The molecule has 0 N–H and O–H groups in total. The van der Waals surface area contributed by atoms with Crippen LogP contribution in [-0.2, 0) is 11.3 Å². The van der Waals surface area contributed by atoms with Crippen LogP contribution in [0.2, 0.25) is 0 Å². The first-order valence-corrected chi connectivity index (χ1v) is 5.42. The average Bonchev–Trinajstić information content (AvgIpc) is 2.68. The molecule has 4 nitrogen and oxygen atoms in total. The molecule has 0 aromatic carbocycles. The zero-order valence-corrected chi connectivity index (χ0v) is 9.45. The highest BCUT2D eigenvalue weighted by atomic mass is 79.9. The highest BCUT2D eigenvalue weighted by Gasteiger charge is 2.29. The van der Waals surface area contributed by atoms with E-state index in [2.05, 4.69) is 20.9 Å². The van der Waals surface area contributed by atoms with Crippen molar-refractivity contribution in [1.82, 2.24) is 9.88 Å². The van der Waals surface area contributed by atoms with E-state index in [0.29, 0.717) is 6.54 Å². The smallest absolute Gasteiger partial charge is 0.236 e. The van der Waals surface area contributed by atoms with E-state index in [1.165, 1.54) is 6.39 Å². The maximum atomic E-state index is 11.6. The highest BCUT2D eigenvalue weighted by molar-refractivity contribution is 9.10. The van der Waals surface area contributed by atoms with E-state index >= 15 is 0 Å². The zero-order chi connectivity index (χ0) is 10.1. The second kappa shape index (κ2) is 3.73. The summed E-state index contributed by atoms with van der Waals surface area (Å²) >= 11 is 3.33. The average molecular weight is 259 g/mol. The van der Waals surface area contributed by atoms with E-state index in [9.17, 15) is 4.79 Å². The van der Waals surface area contributed by atoms with Gasteiger partial charge in [0.2, 0.25) is 5.91 Å². The number of carbonyl (C=O) groups is 1. The van der Waals surface area contributed by atoms with E-state index in [0.717, 1.165) is 24.4 Å². The lowest BCUT2D eigenvalue weighted by atomic mass is 10.3. The summed E-state index contributed by atoms with van der Waals surface area (Å²) in [4.78, 5) is 17.4. The molecular weight excluding hydrogens is 248 g/mol. The first-order valence-electron chi connectivity index (χ1n) is 4.50. The third-order valence-electron chi connectivity index (χ3n) is 2.42. The van der Waals surface area contributed by atoms with Crippen molar-refractivity contribution in [3.63, 3.8) is 0 Å². The second-order valence-corrected chi connectivity index (χ2v) is 4.48. The Morgan fingerprint density at radius 3 is 3.07 bits per heavy atom. The minimum Gasteiger partial charge on any atom is -0.448 e. The fourth-order valence-corrected chi connectivity index (χ4v) is 2.01. The summed E-state index contributed by atoms with van der Waals surface area (Å²) in [5, 5.41) is 0. The van der Waals surface area contributed by atoms with Gasteiger partial charge in [-0.05, 0) is 13.3 Å². The van der Waals surface area contributed by atoms with Gasteiger partial charge in [-0.3, -0.25) is 4.79 Å². The van der Waals surface area contributed by atoms with Crippen LogP contribution >= 0.6 is 15.9 Å². The normalized spacial score (nSPS) is 22.0. The molecule has 1 aromatic rings. The number of amides is 1. The molecule has 1 unspecified atom stereocenters. The number of rotatable bonds is 2. The number of nitrogens with zero attached hydrogens (tertiary/aromatic N) is 2. The van der Waals surface area contributed by atoms with Gasteiger partial charge in [0.15, 0.2) is 6.39 Å². The van der Waals surface area contributed by atoms with Gasteiger partial charge in [0.05, 0.1) is 11.4 Å². The third kappa shape index (κ3) is 1.68. The van der Waals surface area contributed by atoms with Crippen molar-refractivity contribution in [1.29, 1.82) is 0 Å². The summed E-state index contributed by atoms with van der Waals surface area (Å²) < 4.78 is 5.08. The number of hydrogen-bond donors (Lipinski definition) is 0. The van der Waals surface area contributed by atoms with Gasteiger partial charge in [0.25, 0.3) is 0 Å². The molecular formula is C9H11BrN2O2. The topological polar surface area (TPSA) is 46.3 Å². The molecule has 0 spiro atoms. The summed E-state index contributed by atoms with van der Waals surface area (Å²) in [7, 11) is 0. The molecule has 0 bridgehead atoms. The van der Waals surface area contributed by atoms with Crippen LogP contribution in [0.3, 0.4) is 0 Å². The predicted octanol–water partition coefficient (Wildman–Crippen LogP) is 1.48. The number of oxazole rings is 1. The third-order valence-corrected chi connectivity index (χ3v) is 3.27. The lowest BCUT2D eigenvalue weighted by Crippen LogP contribution is -2.27. The number of likely N-dealkylation sites (tertiary alicyclic amines) is 1. The molecule has 0 radical (unpaired) electrons. The van der Waals surface area contributed by atoms with Gasteiger partial charge in [0, 0.05) is 6.54 Å². The Labute approximate surface area is 90.4 Å². The quantitative estimate of drug-likeness (QED) is 0.756. The van der Waals surface area contributed by atoms with E-state index in [-0.39, 0.29) is 10.7 Å². The molecule has 1 aliphatic heterocycles. The van der Waals surface area contributed by atoms with E-state index < -0.39 is 0 Å². The molecule has 14 heavy (non-hydrogen) atoms. The van der Waals surface area contributed by atoms with Gasteiger partial charge >= 0.3 is 0 Å². The Balaban J connectivity index is 2.06. The van der Waals surface area contributed by atoms with E-state index in [4.69, 9.17) is 4.42 Å². The molecule has 1 amide bonds. The Bertz CT molecular complexity index is 350. The van der Waals surface area contributed by atoms with Crippen LogP contribution in [0.1, 0.15) is 17.9 Å². The minimum atomic E-state index is -0.0188. The SMILES string of the molecule is Cc1ocnc1CN1CCC(Br)C1=O. The van der Waals surface area contributed by atoms with Crippen molar-refractivity contribution < 1.29 is 9.21 Å². The van der Waals surface area contributed by atoms with Crippen LogP contribution in [0.5, 0.6) is 0 Å². The van der Waals surface area contributed by atoms with Crippen molar-refractivity contribution in [2.75, 3.05) is 6.54 Å². The summed E-state index contributed by atoms with van der Waals surface area (Å²) in [6, 6.07) is 0. The largest absolute Gasteiger partial charge is 0.448 e. The Hall–Kier alpha value is -0.840. The van der Waals surface area contributed by atoms with Crippen LogP contribution in [-0.4, -0.2) is 27.2 Å². The molecule has 1 saturated heterocycles. The fraction of sp³-hybridized carbons (Fsp3) is 0.556. The molecule has 1 atom stereocenters. The maximum Gasteiger partial charge on any atom is 0.236 e. The number of alkyl halides is 1. The molecule has 0 saturated carbocycles. The first-order chi connectivity index (χ1) is 6.68. The first kappa shape index (κ1) is 9.71. The Morgan fingerprint density at radius 2 is 2.57 bits per heavy atom. The number of aromatic nitrogens is 1. The summed E-state index contributed by atoms with van der Waals surface area (Å²) in [5.41, 5.74) is 0.847. The van der Waals surface area contributed by atoms with Gasteiger partial charge in [-0.25, -0.2) is 4.98 Å². The minimum absolute atomic E-state index is 0.0188. The van der Waals surface area contributed by atoms with Crippen LogP contribution in [0.4, 0.5) is 0 Å². The van der Waals surface area contributed by atoms with Crippen molar-refractivity contribution in [2.24, 2.45) is 0 Å². The Kier molecular flexibility index (Phi) is 2.58. The lowest BCUT2D eigenvalue weighted by Gasteiger charge is -2.13. The van der Waals surface area contributed by atoms with Crippen molar-refractivity contribution in [3.8, 4) is 0 Å². The molecule has 1 fully saturated rings. The zero-order valence-electron chi connectivity index (χ0n) is 7.86. The van der Waals surface area contributed by atoms with Gasteiger partial charge in [-0.15, -0.1) is 0 Å². The van der Waals surface area contributed by atoms with Gasteiger partial charge < -0.3 is 9.32 Å². The predicted molar refractivity (Wildman–Crippen MR) is 54.0 cm³/mol. The summed E-state index contributed by atoms with van der Waals surface area (Å²) in [6.07, 6.45) is 2.28. The van der Waals surface area contributed by atoms with E-state index in [1.807, 2.05) is 6.92 Å². The molecule has 2 heterocycles. The van der Waals surface area contributed by atoms with Crippen molar-refractivity contribution in [2.45, 2.75) is 24.7 Å². The van der Waals surface area contributed by atoms with E-state index in [1.54, 1.807) is 4.90 Å². The molecule has 1 aromatic heterocycles. The summed E-state index contributed by atoms with van der Waals surface area (Å²) in [6.45, 7) is 3.21. The monoisotopic (exact) mass is 258 g/mol. The molecule has 0 aliphatic carbocycles.